The highest BCUT2D eigenvalue weighted by Crippen LogP contribution is 2.46. The van der Waals surface area contributed by atoms with E-state index in [1.807, 2.05) is 6.07 Å². The van der Waals surface area contributed by atoms with E-state index >= 15 is 0 Å². The van der Waals surface area contributed by atoms with Gasteiger partial charge in [-0.25, -0.2) is 0 Å². The molecule has 4 heteroatoms. The number of ether oxygens (including phenoxy) is 1. The van der Waals surface area contributed by atoms with Gasteiger partial charge < -0.3 is 9.64 Å². The Bertz CT molecular complexity index is 1420. The molecule has 0 bridgehead atoms. The number of hydrogen-bond acceptors (Lipinski definition) is 4. The molecule has 35 heavy (non-hydrogen) atoms. The van der Waals surface area contributed by atoms with Gasteiger partial charge in [-0.05, 0) is 60.9 Å². The van der Waals surface area contributed by atoms with E-state index < -0.39 is 0 Å². The molecule has 0 unspecified atom stereocenters. The summed E-state index contributed by atoms with van der Waals surface area (Å²) in [6.45, 7) is 2.27. The van der Waals surface area contributed by atoms with Gasteiger partial charge in [-0.1, -0.05) is 55.5 Å². The maximum atomic E-state index is 9.48. The highest BCUT2D eigenvalue weighted by atomic mass is 16.5. The Labute approximate surface area is 206 Å². The standard InChI is InChI=1S/C31H27N3O/c1-21-10-15-31-29(18-21)34(28-8-4-5-9-30(28)35-31)27-7-3-2-6-26(27)23-13-11-22(12-14-23)25-16-17-33-20-24(25)19-32/h2-3,6-7,10-17,20-21H,4-5,8-9,18H2,1H3/t21-/m1/s1. The van der Waals surface area contributed by atoms with Crippen molar-refractivity contribution in [2.75, 3.05) is 4.90 Å². The zero-order chi connectivity index (χ0) is 23.8. The van der Waals surface area contributed by atoms with Crippen molar-refractivity contribution in [3.05, 3.63) is 108 Å². The largest absolute Gasteiger partial charge is 0.458 e. The van der Waals surface area contributed by atoms with Crippen LogP contribution in [-0.2, 0) is 4.74 Å². The van der Waals surface area contributed by atoms with Crippen molar-refractivity contribution in [2.45, 2.75) is 39.0 Å². The molecule has 0 fully saturated rings. The molecule has 172 valence electrons. The summed E-state index contributed by atoms with van der Waals surface area (Å²) in [4.78, 5) is 6.58. The number of aromatic nitrogens is 1. The molecule has 1 atom stereocenters. The van der Waals surface area contributed by atoms with Crippen molar-refractivity contribution in [1.29, 1.82) is 5.26 Å². The highest BCUT2D eigenvalue weighted by Gasteiger charge is 2.33. The fourth-order valence-electron chi connectivity index (χ4n) is 5.39. The van der Waals surface area contributed by atoms with Gasteiger partial charge in [0, 0.05) is 29.9 Å². The monoisotopic (exact) mass is 457 g/mol. The Balaban J connectivity index is 1.45. The van der Waals surface area contributed by atoms with E-state index in [-0.39, 0.29) is 0 Å². The average Bonchev–Trinajstić information content (AvgIpc) is 2.92. The number of nitriles is 1. The second-order valence-corrected chi connectivity index (χ2v) is 9.49. The summed E-state index contributed by atoms with van der Waals surface area (Å²) in [7, 11) is 0. The molecule has 1 aromatic heterocycles. The first-order valence-corrected chi connectivity index (χ1v) is 12.4. The Hall–Kier alpha value is -4.10. The van der Waals surface area contributed by atoms with Gasteiger partial charge in [0.2, 0.25) is 0 Å². The smallest absolute Gasteiger partial charge is 0.146 e. The molecule has 0 radical (unpaired) electrons. The lowest BCUT2D eigenvalue weighted by Crippen LogP contribution is -2.32. The van der Waals surface area contributed by atoms with Gasteiger partial charge in [-0.15, -0.1) is 0 Å². The van der Waals surface area contributed by atoms with Crippen LogP contribution in [0.5, 0.6) is 0 Å². The number of benzene rings is 2. The summed E-state index contributed by atoms with van der Waals surface area (Å²) in [6, 6.07) is 21.3. The van der Waals surface area contributed by atoms with Crippen LogP contribution in [-0.4, -0.2) is 4.98 Å². The van der Waals surface area contributed by atoms with Crippen LogP contribution in [0.4, 0.5) is 5.69 Å². The van der Waals surface area contributed by atoms with Gasteiger partial charge in [-0.3, -0.25) is 4.98 Å². The van der Waals surface area contributed by atoms with Crippen LogP contribution < -0.4 is 4.90 Å². The van der Waals surface area contributed by atoms with Crippen molar-refractivity contribution in [3.63, 3.8) is 0 Å². The van der Waals surface area contributed by atoms with Crippen molar-refractivity contribution in [2.24, 2.45) is 5.92 Å². The van der Waals surface area contributed by atoms with E-state index in [0.29, 0.717) is 11.5 Å². The fraction of sp³-hybridized carbons (Fsp3) is 0.226. The molecule has 2 heterocycles. The highest BCUT2D eigenvalue weighted by molar-refractivity contribution is 5.83. The van der Waals surface area contributed by atoms with Gasteiger partial charge in [0.25, 0.3) is 0 Å². The quantitative estimate of drug-likeness (QED) is 0.404. The number of rotatable bonds is 3. The van der Waals surface area contributed by atoms with Gasteiger partial charge in [0.1, 0.15) is 17.6 Å². The molecular weight excluding hydrogens is 430 g/mol. The summed E-state index contributed by atoms with van der Waals surface area (Å²) >= 11 is 0. The van der Waals surface area contributed by atoms with Crippen LogP contribution in [0.25, 0.3) is 22.3 Å². The summed E-state index contributed by atoms with van der Waals surface area (Å²) in [5.74, 6) is 2.60. The van der Waals surface area contributed by atoms with Crippen LogP contribution in [0.2, 0.25) is 0 Å². The minimum atomic E-state index is 0.478. The molecule has 6 rings (SSSR count). The molecule has 0 amide bonds. The average molecular weight is 458 g/mol. The summed E-state index contributed by atoms with van der Waals surface area (Å²) in [5.41, 5.74) is 8.65. The van der Waals surface area contributed by atoms with Gasteiger partial charge >= 0.3 is 0 Å². The topological polar surface area (TPSA) is 49.2 Å². The first-order valence-electron chi connectivity index (χ1n) is 12.4. The summed E-state index contributed by atoms with van der Waals surface area (Å²) in [6.07, 6.45) is 13.1. The van der Waals surface area contributed by atoms with E-state index in [2.05, 4.69) is 83.6 Å². The zero-order valence-electron chi connectivity index (χ0n) is 19.9. The first-order chi connectivity index (χ1) is 17.2. The Morgan fingerprint density at radius 3 is 2.54 bits per heavy atom. The number of para-hydroxylation sites is 1. The third-order valence-electron chi connectivity index (χ3n) is 7.13. The van der Waals surface area contributed by atoms with E-state index in [0.717, 1.165) is 47.5 Å². The first kappa shape index (κ1) is 21.4. The Kier molecular flexibility index (Phi) is 5.47. The van der Waals surface area contributed by atoms with Crippen LogP contribution in [0.1, 0.15) is 44.6 Å². The number of allylic oxidation sites excluding steroid dienone is 5. The number of anilines is 1. The maximum Gasteiger partial charge on any atom is 0.146 e. The molecule has 3 aromatic rings. The molecular formula is C31H27N3O. The van der Waals surface area contributed by atoms with E-state index in [1.54, 1.807) is 12.4 Å². The van der Waals surface area contributed by atoms with E-state index in [4.69, 9.17) is 4.74 Å². The van der Waals surface area contributed by atoms with E-state index in [1.165, 1.54) is 35.5 Å². The molecule has 2 aromatic carbocycles. The molecule has 0 saturated carbocycles. The number of nitrogens with zero attached hydrogens (tertiary/aromatic N) is 3. The van der Waals surface area contributed by atoms with Crippen molar-refractivity contribution in [1.82, 2.24) is 4.98 Å². The van der Waals surface area contributed by atoms with Crippen molar-refractivity contribution < 1.29 is 4.74 Å². The SMILES string of the molecule is C[C@@H]1C=CC2=C(C1)N(c1ccccc1-c1ccc(-c3ccncc3C#N)cc1)C1=C(CCCC1)O2. The predicted octanol–water partition coefficient (Wildman–Crippen LogP) is 7.72. The second-order valence-electron chi connectivity index (χ2n) is 9.49. The lowest BCUT2D eigenvalue weighted by atomic mass is 9.91. The number of hydrogen-bond donors (Lipinski definition) is 0. The minimum absolute atomic E-state index is 0.478. The second kappa shape index (κ2) is 8.92. The van der Waals surface area contributed by atoms with Gasteiger partial charge in [-0.2, -0.15) is 5.26 Å². The third kappa shape index (κ3) is 3.84. The predicted molar refractivity (Wildman–Crippen MR) is 139 cm³/mol. The Morgan fingerprint density at radius 1 is 0.943 bits per heavy atom. The fourth-order valence-corrected chi connectivity index (χ4v) is 5.39. The van der Waals surface area contributed by atoms with Gasteiger partial charge in [0.15, 0.2) is 0 Å². The summed E-state index contributed by atoms with van der Waals surface area (Å²) < 4.78 is 6.43. The molecule has 1 aliphatic heterocycles. The van der Waals surface area contributed by atoms with Crippen LogP contribution in [0.3, 0.4) is 0 Å². The summed E-state index contributed by atoms with van der Waals surface area (Å²) in [5, 5.41) is 9.48. The van der Waals surface area contributed by atoms with Crippen molar-refractivity contribution in [3.8, 4) is 28.3 Å². The zero-order valence-corrected chi connectivity index (χ0v) is 19.9. The maximum absolute atomic E-state index is 9.48. The lowest BCUT2D eigenvalue weighted by Gasteiger charge is -2.41. The molecule has 3 aliphatic rings. The molecule has 0 spiro atoms. The Morgan fingerprint density at radius 2 is 1.71 bits per heavy atom. The van der Waals surface area contributed by atoms with Crippen LogP contribution in [0.15, 0.2) is 102 Å². The molecule has 0 saturated heterocycles. The van der Waals surface area contributed by atoms with E-state index in [9.17, 15) is 5.26 Å². The normalized spacial score (nSPS) is 19.1. The van der Waals surface area contributed by atoms with Crippen LogP contribution >= 0.6 is 0 Å². The number of pyridine rings is 1. The molecule has 0 N–H and O–H groups in total. The molecule has 2 aliphatic carbocycles. The van der Waals surface area contributed by atoms with Crippen LogP contribution in [0, 0.1) is 17.2 Å². The minimum Gasteiger partial charge on any atom is -0.458 e. The van der Waals surface area contributed by atoms with Crippen molar-refractivity contribution >= 4 is 5.69 Å². The molecule has 4 nitrogen and oxygen atoms in total. The van der Waals surface area contributed by atoms with Gasteiger partial charge in [0.05, 0.1) is 22.6 Å². The lowest BCUT2D eigenvalue weighted by molar-refractivity contribution is 0.264. The third-order valence-corrected chi connectivity index (χ3v) is 7.13.